The molecule has 0 saturated heterocycles. The Balaban J connectivity index is 1.76. The molecule has 0 aliphatic heterocycles. The number of para-hydroxylation sites is 2. The van der Waals surface area contributed by atoms with E-state index in [9.17, 15) is 9.59 Å². The van der Waals surface area contributed by atoms with Crippen LogP contribution in [0.1, 0.15) is 21.5 Å². The zero-order chi connectivity index (χ0) is 23.5. The zero-order valence-corrected chi connectivity index (χ0v) is 19.7. The van der Waals surface area contributed by atoms with Crippen LogP contribution in [0, 0.1) is 13.8 Å². The fraction of sp³-hybridized carbons (Fsp3) is 0.192. The van der Waals surface area contributed by atoms with Crippen LogP contribution in [0.5, 0.6) is 11.5 Å². The third kappa shape index (κ3) is 4.36. The first kappa shape index (κ1) is 22.6. The van der Waals surface area contributed by atoms with E-state index >= 15 is 0 Å². The van der Waals surface area contributed by atoms with Crippen molar-refractivity contribution in [1.82, 2.24) is 9.55 Å². The van der Waals surface area contributed by atoms with Gasteiger partial charge in [0.2, 0.25) is 0 Å². The average Bonchev–Trinajstić information content (AvgIpc) is 2.83. The Labute approximate surface area is 196 Å². The lowest BCUT2D eigenvalue weighted by Crippen LogP contribution is -2.23. The minimum atomic E-state index is -0.154. The number of benzene rings is 3. The number of fused-ring (bicyclic) bond motifs is 1. The van der Waals surface area contributed by atoms with Crippen molar-refractivity contribution in [3.05, 3.63) is 87.7 Å². The van der Waals surface area contributed by atoms with Gasteiger partial charge in [-0.1, -0.05) is 42.1 Å². The highest BCUT2D eigenvalue weighted by Gasteiger charge is 2.18. The lowest BCUT2D eigenvalue weighted by Gasteiger charge is -2.17. The van der Waals surface area contributed by atoms with Gasteiger partial charge in [0.1, 0.15) is 0 Å². The molecule has 0 amide bonds. The second-order valence-corrected chi connectivity index (χ2v) is 8.52. The molecular formula is C26H24N2O4S. The van der Waals surface area contributed by atoms with Gasteiger partial charge in [-0.3, -0.25) is 14.2 Å². The van der Waals surface area contributed by atoms with Crippen molar-refractivity contribution in [2.45, 2.75) is 19.0 Å². The van der Waals surface area contributed by atoms with E-state index in [1.165, 1.54) is 18.9 Å². The van der Waals surface area contributed by atoms with E-state index in [4.69, 9.17) is 14.5 Å². The van der Waals surface area contributed by atoms with Gasteiger partial charge < -0.3 is 9.47 Å². The first-order chi connectivity index (χ1) is 15.9. The van der Waals surface area contributed by atoms with Gasteiger partial charge in [0.25, 0.3) is 5.56 Å². The van der Waals surface area contributed by atoms with E-state index in [0.717, 1.165) is 16.8 Å². The summed E-state index contributed by atoms with van der Waals surface area (Å²) in [6.07, 6.45) is 0. The highest BCUT2D eigenvalue weighted by atomic mass is 32.2. The molecule has 0 atom stereocenters. The number of hydrogen-bond acceptors (Lipinski definition) is 6. The Morgan fingerprint density at radius 1 is 0.939 bits per heavy atom. The summed E-state index contributed by atoms with van der Waals surface area (Å²) in [5.74, 6) is 1.06. The maximum Gasteiger partial charge on any atom is 0.266 e. The Hall–Kier alpha value is -3.58. The third-order valence-corrected chi connectivity index (χ3v) is 6.38. The lowest BCUT2D eigenvalue weighted by molar-refractivity contribution is 0.102. The van der Waals surface area contributed by atoms with Crippen LogP contribution in [-0.4, -0.2) is 35.3 Å². The molecule has 7 heteroatoms. The smallest absolute Gasteiger partial charge is 0.266 e. The number of methoxy groups -OCH3 is 2. The molecule has 0 unspecified atom stereocenters. The summed E-state index contributed by atoms with van der Waals surface area (Å²) < 4.78 is 12.2. The third-order valence-electron chi connectivity index (χ3n) is 5.45. The lowest BCUT2D eigenvalue weighted by atomic mass is 10.1. The summed E-state index contributed by atoms with van der Waals surface area (Å²) in [5.41, 5.74) is 3.67. The molecule has 33 heavy (non-hydrogen) atoms. The number of Topliss-reactive ketones (excluding diaryl/α,β-unsaturated/α-hetero) is 1. The van der Waals surface area contributed by atoms with Gasteiger partial charge in [0.15, 0.2) is 22.4 Å². The van der Waals surface area contributed by atoms with Crippen LogP contribution in [0.4, 0.5) is 0 Å². The van der Waals surface area contributed by atoms with Crippen LogP contribution >= 0.6 is 11.8 Å². The predicted molar refractivity (Wildman–Crippen MR) is 131 cm³/mol. The number of aromatic nitrogens is 2. The van der Waals surface area contributed by atoms with Crippen molar-refractivity contribution < 1.29 is 14.3 Å². The molecule has 3 aromatic carbocycles. The maximum atomic E-state index is 13.5. The molecular weight excluding hydrogens is 436 g/mol. The number of aryl methyl sites for hydroxylation is 2. The summed E-state index contributed by atoms with van der Waals surface area (Å²) >= 11 is 1.24. The number of carbonyl (C=O) groups excluding carboxylic acids is 1. The highest BCUT2D eigenvalue weighted by molar-refractivity contribution is 7.99. The molecule has 4 aromatic rings. The number of ketones is 1. The second kappa shape index (κ2) is 9.50. The minimum Gasteiger partial charge on any atom is -0.493 e. The number of nitrogens with zero attached hydrogens (tertiary/aromatic N) is 2. The topological polar surface area (TPSA) is 70.4 Å². The number of hydrogen-bond donors (Lipinski definition) is 0. The van der Waals surface area contributed by atoms with Crippen molar-refractivity contribution in [2.24, 2.45) is 0 Å². The van der Waals surface area contributed by atoms with Crippen molar-refractivity contribution in [2.75, 3.05) is 20.0 Å². The number of carbonyl (C=O) groups is 1. The summed E-state index contributed by atoms with van der Waals surface area (Å²) in [6, 6.07) is 18.2. The van der Waals surface area contributed by atoms with Gasteiger partial charge >= 0.3 is 0 Å². The quantitative estimate of drug-likeness (QED) is 0.220. The van der Waals surface area contributed by atoms with Crippen LogP contribution < -0.4 is 15.0 Å². The van der Waals surface area contributed by atoms with E-state index in [1.54, 1.807) is 35.9 Å². The molecule has 0 fully saturated rings. The van der Waals surface area contributed by atoms with Crippen LogP contribution in [0.25, 0.3) is 16.6 Å². The van der Waals surface area contributed by atoms with Gasteiger partial charge in [-0.2, -0.15) is 0 Å². The fourth-order valence-corrected chi connectivity index (χ4v) is 4.68. The zero-order valence-electron chi connectivity index (χ0n) is 18.9. The standard InChI is InChI=1S/C26H24N2O4S/c1-16-8-7-9-17(2)24(16)28-25(30)19-10-5-6-11-20(19)27-26(28)33-15-21(29)18-12-13-22(31-3)23(14-18)32-4/h5-14H,15H2,1-4H3. The molecule has 4 rings (SSSR count). The molecule has 0 aliphatic carbocycles. The Bertz CT molecular complexity index is 1390. The highest BCUT2D eigenvalue weighted by Crippen LogP contribution is 2.29. The number of rotatable bonds is 7. The molecule has 0 radical (unpaired) electrons. The maximum absolute atomic E-state index is 13.5. The predicted octanol–water partition coefficient (Wildman–Crippen LogP) is 4.99. The molecule has 0 spiro atoms. The van der Waals surface area contributed by atoms with Gasteiger partial charge in [-0.25, -0.2) is 4.98 Å². The van der Waals surface area contributed by atoms with Crippen molar-refractivity contribution in [3.63, 3.8) is 0 Å². The molecule has 0 aliphatic rings. The summed E-state index contributed by atoms with van der Waals surface area (Å²) in [7, 11) is 3.08. The van der Waals surface area contributed by atoms with Crippen LogP contribution in [0.3, 0.4) is 0 Å². The van der Waals surface area contributed by atoms with Crippen molar-refractivity contribution >= 4 is 28.4 Å². The van der Waals surface area contributed by atoms with Gasteiger partial charge in [-0.05, 0) is 55.3 Å². The molecule has 0 N–H and O–H groups in total. The monoisotopic (exact) mass is 460 g/mol. The minimum absolute atomic E-state index is 0.101. The number of thioether (sulfide) groups is 1. The molecule has 168 valence electrons. The molecule has 1 heterocycles. The van der Waals surface area contributed by atoms with Crippen LogP contribution in [0.2, 0.25) is 0 Å². The van der Waals surface area contributed by atoms with Crippen molar-refractivity contribution in [3.8, 4) is 17.2 Å². The Morgan fingerprint density at radius 2 is 1.64 bits per heavy atom. The summed E-state index contributed by atoms with van der Waals surface area (Å²) in [4.78, 5) is 31.3. The van der Waals surface area contributed by atoms with Gasteiger partial charge in [-0.15, -0.1) is 0 Å². The first-order valence-electron chi connectivity index (χ1n) is 10.4. The Morgan fingerprint density at radius 3 is 2.33 bits per heavy atom. The largest absolute Gasteiger partial charge is 0.493 e. The molecule has 6 nitrogen and oxygen atoms in total. The average molecular weight is 461 g/mol. The second-order valence-electron chi connectivity index (χ2n) is 7.57. The normalized spacial score (nSPS) is 10.9. The van der Waals surface area contributed by atoms with E-state index in [2.05, 4.69) is 0 Å². The van der Waals surface area contributed by atoms with E-state index < -0.39 is 0 Å². The Kier molecular flexibility index (Phi) is 6.51. The SMILES string of the molecule is COc1ccc(C(=O)CSc2nc3ccccc3c(=O)n2-c2c(C)cccc2C)cc1OC. The molecule has 0 bridgehead atoms. The van der Waals surface area contributed by atoms with Gasteiger partial charge in [0, 0.05) is 5.56 Å². The van der Waals surface area contributed by atoms with Crippen molar-refractivity contribution in [1.29, 1.82) is 0 Å². The first-order valence-corrected chi connectivity index (χ1v) is 11.4. The molecule has 1 aromatic heterocycles. The summed E-state index contributed by atoms with van der Waals surface area (Å²) in [5, 5.41) is 1.01. The van der Waals surface area contributed by atoms with Gasteiger partial charge in [0.05, 0.1) is 36.6 Å². The number of ether oxygens (including phenoxy) is 2. The van der Waals surface area contributed by atoms with Crippen LogP contribution in [-0.2, 0) is 0 Å². The van der Waals surface area contributed by atoms with E-state index in [-0.39, 0.29) is 17.1 Å². The van der Waals surface area contributed by atoms with Crippen LogP contribution in [0.15, 0.2) is 70.6 Å². The molecule has 0 saturated carbocycles. The van der Waals surface area contributed by atoms with E-state index in [0.29, 0.717) is 33.1 Å². The fourth-order valence-electron chi connectivity index (χ4n) is 3.79. The summed E-state index contributed by atoms with van der Waals surface area (Å²) in [6.45, 7) is 3.93. The van der Waals surface area contributed by atoms with E-state index in [1.807, 2.05) is 50.2 Å².